The van der Waals surface area contributed by atoms with Crippen LogP contribution in [-0.2, 0) is 9.22 Å². The number of carbonyl (C=O) groups excluding carboxylic acids is 1. The van der Waals surface area contributed by atoms with Crippen LogP contribution in [0.3, 0.4) is 0 Å². The molecule has 48 valence electrons. The van der Waals surface area contributed by atoms with Crippen molar-refractivity contribution < 1.29 is 9.22 Å². The first-order valence-corrected chi connectivity index (χ1v) is 3.86. The van der Waals surface area contributed by atoms with E-state index in [0.717, 1.165) is 0 Å². The fourth-order valence-corrected chi connectivity index (χ4v) is 1.21. The molecule has 0 saturated heterocycles. The van der Waals surface area contributed by atoms with Gasteiger partial charge in [0.05, 0.1) is 0 Å². The third kappa shape index (κ3) is 2.47. The summed E-state index contributed by atoms with van der Waals surface area (Å²) in [7, 11) is 0.474. The van der Waals surface area contributed by atoms with E-state index in [1.54, 1.807) is 13.8 Å². The highest BCUT2D eigenvalue weighted by Gasteiger charge is 2.23. The van der Waals surface area contributed by atoms with Gasteiger partial charge in [0, 0.05) is 0 Å². The molecule has 0 aliphatic heterocycles. The van der Waals surface area contributed by atoms with Crippen molar-refractivity contribution in [2.75, 3.05) is 0 Å². The van der Waals surface area contributed by atoms with Crippen molar-refractivity contribution in [3.8, 4) is 0 Å². The zero-order valence-corrected chi connectivity index (χ0v) is 8.78. The molecular weight excluding hydrogens is 188 g/mol. The third-order valence-electron chi connectivity index (χ3n) is 0.671. The molecule has 0 rings (SSSR count). The molecule has 2 nitrogen and oxygen atoms in total. The van der Waals surface area contributed by atoms with Gasteiger partial charge in [0.1, 0.15) is 4.32 Å². The number of halogens is 1. The first-order chi connectivity index (χ1) is 3.48. The second-order valence-corrected chi connectivity index (χ2v) is 4.35. The zero-order valence-electron chi connectivity index (χ0n) is 5.19. The van der Waals surface area contributed by atoms with E-state index in [4.69, 9.17) is 0 Å². The van der Waals surface area contributed by atoms with Gasteiger partial charge in [-0.15, -0.1) is 0 Å². The molecule has 0 aliphatic rings. The Morgan fingerprint density at radius 1 is 1.75 bits per heavy atom. The molecule has 0 amide bonds. The lowest BCUT2D eigenvalue weighted by atomic mass is 10.2. The summed E-state index contributed by atoms with van der Waals surface area (Å²) in [5.41, 5.74) is 0. The third-order valence-corrected chi connectivity index (χ3v) is 1.37. The topological polar surface area (TPSA) is 26.3 Å². The Bertz CT molecular complexity index is 96.7. The average molecular weight is 197 g/mol. The van der Waals surface area contributed by atoms with Gasteiger partial charge in [0.25, 0.3) is 0 Å². The number of hydrogen-bond acceptors (Lipinski definition) is 2. The second-order valence-electron chi connectivity index (χ2n) is 1.96. The molecule has 0 aromatic heterocycles. The van der Waals surface area contributed by atoms with Crippen LogP contribution >= 0.6 is 15.9 Å². The van der Waals surface area contributed by atoms with E-state index in [0.29, 0.717) is 10.5 Å². The highest BCUT2D eigenvalue weighted by Crippen LogP contribution is 2.16. The van der Waals surface area contributed by atoms with E-state index >= 15 is 0 Å². The number of rotatable bonds is 1. The first kappa shape index (κ1) is 8.17. The van der Waals surface area contributed by atoms with Crippen molar-refractivity contribution >= 4 is 32.4 Å². The molecule has 0 radical (unpaired) electrons. The Labute approximate surface area is 60.3 Å². The summed E-state index contributed by atoms with van der Waals surface area (Å²) in [6, 6.07) is 0. The van der Waals surface area contributed by atoms with E-state index in [9.17, 15) is 4.79 Å². The lowest BCUT2D eigenvalue weighted by Crippen LogP contribution is -2.25. The Hall–Kier alpha value is 0.167. The largest absolute Gasteiger partial charge is 0.528 e. The van der Waals surface area contributed by atoms with Gasteiger partial charge in [-0.25, -0.2) is 0 Å². The van der Waals surface area contributed by atoms with Crippen LogP contribution in [0.4, 0.5) is 0 Å². The lowest BCUT2D eigenvalue weighted by Gasteiger charge is -2.11. The monoisotopic (exact) mass is 196 g/mol. The second kappa shape index (κ2) is 2.64. The van der Waals surface area contributed by atoms with Crippen molar-refractivity contribution in [1.82, 2.24) is 0 Å². The fraction of sp³-hybridized carbons (Fsp3) is 0.750. The van der Waals surface area contributed by atoms with Gasteiger partial charge in [-0.1, -0.05) is 15.9 Å². The Balaban J connectivity index is 3.82. The molecule has 4 heteroatoms. The van der Waals surface area contributed by atoms with Gasteiger partial charge in [-0.2, -0.15) is 0 Å². The molecule has 0 fully saturated rings. The summed E-state index contributed by atoms with van der Waals surface area (Å²) < 4.78 is 4.06. The van der Waals surface area contributed by atoms with Crippen LogP contribution in [0.1, 0.15) is 13.8 Å². The van der Waals surface area contributed by atoms with Gasteiger partial charge in [0.15, 0.2) is 0 Å². The van der Waals surface area contributed by atoms with Gasteiger partial charge in [0.2, 0.25) is 10.5 Å². The van der Waals surface area contributed by atoms with E-state index < -0.39 is 4.32 Å². The van der Waals surface area contributed by atoms with Crippen LogP contribution in [0.5, 0.6) is 0 Å². The van der Waals surface area contributed by atoms with Gasteiger partial charge >= 0.3 is 5.97 Å². The summed E-state index contributed by atoms with van der Waals surface area (Å²) in [5.74, 6) is -0.191. The Morgan fingerprint density at radius 2 is 2.12 bits per heavy atom. The number of carbonyl (C=O) groups is 1. The maximum Gasteiger partial charge on any atom is 0.308 e. The maximum atomic E-state index is 10.6. The minimum atomic E-state index is -0.505. The van der Waals surface area contributed by atoms with Crippen molar-refractivity contribution in [3.05, 3.63) is 0 Å². The predicted molar refractivity (Wildman–Crippen MR) is 39.0 cm³/mol. The molecule has 0 heterocycles. The van der Waals surface area contributed by atoms with Crippen LogP contribution in [0.25, 0.3) is 0 Å². The molecule has 0 atom stereocenters. The van der Waals surface area contributed by atoms with Gasteiger partial charge in [-0.3, -0.25) is 4.79 Å². The van der Waals surface area contributed by atoms with Crippen LogP contribution in [0, 0.1) is 0 Å². The smallest absolute Gasteiger partial charge is 0.308 e. The van der Waals surface area contributed by atoms with Crippen molar-refractivity contribution in [3.63, 3.8) is 0 Å². The zero-order chi connectivity index (χ0) is 6.78. The van der Waals surface area contributed by atoms with Crippen molar-refractivity contribution in [2.45, 2.75) is 18.2 Å². The molecule has 0 saturated carbocycles. The highest BCUT2D eigenvalue weighted by atomic mass is 79.9. The van der Waals surface area contributed by atoms with E-state index in [1.807, 2.05) is 0 Å². The van der Waals surface area contributed by atoms with Gasteiger partial charge in [-0.05, 0) is 13.8 Å². The minimum absolute atomic E-state index is 0.191. The molecule has 8 heavy (non-hydrogen) atoms. The average Bonchev–Trinajstić information content (AvgIpc) is 1.62. The van der Waals surface area contributed by atoms with Crippen molar-refractivity contribution in [2.24, 2.45) is 0 Å². The molecule has 0 bridgehead atoms. The van der Waals surface area contributed by atoms with E-state index in [2.05, 4.69) is 20.4 Å². The summed E-state index contributed by atoms with van der Waals surface area (Å²) in [4.78, 5) is 10.6. The quantitative estimate of drug-likeness (QED) is 0.436. The normalized spacial score (nSPS) is 11.4. The van der Waals surface area contributed by atoms with E-state index in [-0.39, 0.29) is 5.97 Å². The number of alkyl halides is 1. The molecular formula is C4H9BrO2Si. The van der Waals surface area contributed by atoms with Crippen LogP contribution in [0.2, 0.25) is 0 Å². The molecule has 0 unspecified atom stereocenters. The summed E-state index contributed by atoms with van der Waals surface area (Å²) in [6.45, 7) is 3.51. The minimum Gasteiger partial charge on any atom is -0.528 e. The molecule has 0 spiro atoms. The van der Waals surface area contributed by atoms with Crippen LogP contribution < -0.4 is 0 Å². The Kier molecular flexibility index (Phi) is 2.69. The van der Waals surface area contributed by atoms with Gasteiger partial charge < -0.3 is 4.43 Å². The molecule has 0 N–H and O–H groups in total. The highest BCUT2D eigenvalue weighted by molar-refractivity contribution is 9.10. The fourth-order valence-electron chi connectivity index (χ4n) is 0.243. The summed E-state index contributed by atoms with van der Waals surface area (Å²) in [6.07, 6.45) is 0. The molecule has 0 aliphatic carbocycles. The SMILES string of the molecule is CC(C)(Br)C(=O)O[SiH3]. The molecule has 0 aromatic rings. The van der Waals surface area contributed by atoms with Crippen LogP contribution in [0.15, 0.2) is 0 Å². The first-order valence-electron chi connectivity index (χ1n) is 2.26. The van der Waals surface area contributed by atoms with Crippen LogP contribution in [-0.4, -0.2) is 20.8 Å². The maximum absolute atomic E-state index is 10.6. The summed E-state index contributed by atoms with van der Waals surface area (Å²) >= 11 is 3.15. The Morgan fingerprint density at radius 3 is 2.12 bits per heavy atom. The molecule has 0 aromatic carbocycles. The standard InChI is InChI=1S/C4H9BrO2Si/c1-4(2,5)3(6)7-8/h1-2,8H3. The predicted octanol–water partition coefficient (Wildman–Crippen LogP) is -0.0165. The van der Waals surface area contributed by atoms with E-state index in [1.165, 1.54) is 0 Å². The summed E-state index contributed by atoms with van der Waals surface area (Å²) in [5, 5.41) is 0. The lowest BCUT2D eigenvalue weighted by molar-refractivity contribution is -0.135. The number of hydrogen-bond donors (Lipinski definition) is 0. The van der Waals surface area contributed by atoms with Crippen molar-refractivity contribution in [1.29, 1.82) is 0 Å².